The number of ether oxygens (including phenoxy) is 1. The Balaban J connectivity index is 1.13. The number of anilines is 1. The lowest BCUT2D eigenvalue weighted by molar-refractivity contribution is -0.182. The van der Waals surface area contributed by atoms with Gasteiger partial charge in [0.15, 0.2) is 12.4 Å². The first-order chi connectivity index (χ1) is 22.2. The molecule has 0 radical (unpaired) electrons. The van der Waals surface area contributed by atoms with Crippen molar-refractivity contribution in [3.05, 3.63) is 82.8 Å². The van der Waals surface area contributed by atoms with Gasteiger partial charge in [0, 0.05) is 22.6 Å². The van der Waals surface area contributed by atoms with Gasteiger partial charge in [-0.3, -0.25) is 19.4 Å². The molecule has 2 aromatic rings. The minimum absolute atomic E-state index is 0.0787. The van der Waals surface area contributed by atoms with Gasteiger partial charge in [-0.2, -0.15) is 0 Å². The van der Waals surface area contributed by atoms with E-state index in [1.807, 2.05) is 44.2 Å². The summed E-state index contributed by atoms with van der Waals surface area (Å²) >= 11 is 0. The van der Waals surface area contributed by atoms with Crippen LogP contribution < -0.4 is 5.32 Å². The molecule has 47 heavy (non-hydrogen) atoms. The number of esters is 1. The fourth-order valence-corrected chi connectivity index (χ4v) is 10.3. The maximum atomic E-state index is 13.8. The standard InChI is InChI=1S/C40H46N2O5/c1-24-25-12-13-31-38(4,27(25)21-30(43)34(24)45)17-19-40(6)32-22-37(3,15-14-36(32,2)16-18-39(31,40)5)35(46)47-23-33(44)42-29-11-7-10-28-26(29)9-8-20-41-28/h7-13,20-21,32,45H,14-19,22-23H2,1-6H3,(H,42,44)/t32-,36-,37-,38+,39-,40+/m1/s1. The summed E-state index contributed by atoms with van der Waals surface area (Å²) in [5, 5.41) is 14.2. The second-order valence-electron chi connectivity index (χ2n) is 16.1. The molecule has 1 aromatic carbocycles. The molecule has 7 nitrogen and oxygen atoms in total. The average molecular weight is 635 g/mol. The van der Waals surface area contributed by atoms with Gasteiger partial charge in [0.25, 0.3) is 5.91 Å². The molecule has 6 atom stereocenters. The van der Waals surface area contributed by atoms with Crippen molar-refractivity contribution >= 4 is 34.3 Å². The number of ketones is 1. The van der Waals surface area contributed by atoms with Gasteiger partial charge in [0.05, 0.1) is 16.6 Å². The Morgan fingerprint density at radius 3 is 2.53 bits per heavy atom. The van der Waals surface area contributed by atoms with Crippen LogP contribution in [0.2, 0.25) is 0 Å². The van der Waals surface area contributed by atoms with Gasteiger partial charge in [0.2, 0.25) is 5.78 Å². The van der Waals surface area contributed by atoms with Crippen molar-refractivity contribution < 1.29 is 24.2 Å². The Morgan fingerprint density at radius 1 is 0.979 bits per heavy atom. The highest BCUT2D eigenvalue weighted by Gasteiger charge is 2.67. The molecule has 0 aliphatic heterocycles. The Morgan fingerprint density at radius 2 is 1.74 bits per heavy atom. The molecule has 0 unspecified atom stereocenters. The fraction of sp³-hybridized carbons (Fsp3) is 0.500. The van der Waals surface area contributed by atoms with Crippen molar-refractivity contribution in [1.29, 1.82) is 0 Å². The molecule has 0 bridgehead atoms. The molecular weight excluding hydrogens is 588 g/mol. The van der Waals surface area contributed by atoms with Gasteiger partial charge in [-0.15, -0.1) is 0 Å². The molecule has 1 aromatic heterocycles. The number of rotatable bonds is 4. The summed E-state index contributed by atoms with van der Waals surface area (Å²) in [6, 6.07) is 9.30. The highest BCUT2D eigenvalue weighted by Crippen LogP contribution is 2.75. The smallest absolute Gasteiger partial charge is 0.312 e. The van der Waals surface area contributed by atoms with Gasteiger partial charge >= 0.3 is 5.97 Å². The minimum Gasteiger partial charge on any atom is -0.504 e. The summed E-state index contributed by atoms with van der Waals surface area (Å²) in [6.45, 7) is 13.1. The number of carbonyl (C=O) groups is 3. The topological polar surface area (TPSA) is 106 Å². The highest BCUT2D eigenvalue weighted by atomic mass is 16.5. The fourth-order valence-electron chi connectivity index (χ4n) is 10.3. The Hall–Kier alpha value is -4.00. The van der Waals surface area contributed by atoms with Crippen LogP contribution >= 0.6 is 0 Å². The number of pyridine rings is 1. The maximum absolute atomic E-state index is 13.8. The number of amides is 1. The lowest BCUT2D eigenvalue weighted by Gasteiger charge is -2.70. The summed E-state index contributed by atoms with van der Waals surface area (Å²) in [7, 11) is 0. The number of hydrogen-bond acceptors (Lipinski definition) is 6. The van der Waals surface area contributed by atoms with Crippen molar-refractivity contribution in [3.63, 3.8) is 0 Å². The molecule has 1 amide bonds. The van der Waals surface area contributed by atoms with E-state index in [-0.39, 0.29) is 57.6 Å². The van der Waals surface area contributed by atoms with Crippen molar-refractivity contribution in [2.45, 2.75) is 86.5 Å². The highest BCUT2D eigenvalue weighted by molar-refractivity contribution is 6.06. The normalized spacial score (nSPS) is 36.2. The molecule has 0 spiro atoms. The van der Waals surface area contributed by atoms with E-state index in [1.54, 1.807) is 12.3 Å². The number of benzene rings is 1. The molecule has 2 N–H and O–H groups in total. The third-order valence-corrected chi connectivity index (χ3v) is 13.6. The van der Waals surface area contributed by atoms with E-state index in [4.69, 9.17) is 4.74 Å². The zero-order chi connectivity index (χ0) is 33.6. The predicted octanol–water partition coefficient (Wildman–Crippen LogP) is 8.34. The number of aliphatic hydroxyl groups excluding tert-OH is 1. The largest absolute Gasteiger partial charge is 0.504 e. The Bertz CT molecular complexity index is 1860. The molecule has 5 aliphatic rings. The molecule has 7 heteroatoms. The van der Waals surface area contributed by atoms with E-state index >= 15 is 0 Å². The first-order valence-electron chi connectivity index (χ1n) is 17.1. The zero-order valence-corrected chi connectivity index (χ0v) is 28.5. The van der Waals surface area contributed by atoms with Crippen molar-refractivity contribution in [3.8, 4) is 0 Å². The van der Waals surface area contributed by atoms with E-state index < -0.39 is 5.41 Å². The lowest BCUT2D eigenvalue weighted by atomic mass is 9.34. The lowest BCUT2D eigenvalue weighted by Crippen LogP contribution is -2.62. The van der Waals surface area contributed by atoms with E-state index in [2.05, 4.69) is 50.1 Å². The molecule has 0 saturated heterocycles. The summed E-state index contributed by atoms with van der Waals surface area (Å²) in [4.78, 5) is 44.0. The number of aromatic nitrogens is 1. The molecule has 7 rings (SSSR count). The third-order valence-electron chi connectivity index (χ3n) is 13.6. The number of carbonyl (C=O) groups excluding carboxylic acids is 3. The minimum atomic E-state index is -0.693. The van der Waals surface area contributed by atoms with Crippen LogP contribution in [-0.2, 0) is 19.1 Å². The van der Waals surface area contributed by atoms with Gasteiger partial charge < -0.3 is 15.2 Å². The molecule has 5 aliphatic carbocycles. The quantitative estimate of drug-likeness (QED) is 0.328. The van der Waals surface area contributed by atoms with E-state index in [0.29, 0.717) is 17.7 Å². The van der Waals surface area contributed by atoms with E-state index in [9.17, 15) is 19.5 Å². The van der Waals surface area contributed by atoms with Gasteiger partial charge in [-0.1, -0.05) is 51.5 Å². The van der Waals surface area contributed by atoms with Gasteiger partial charge in [-0.05, 0) is 122 Å². The van der Waals surface area contributed by atoms with Gasteiger partial charge in [0.1, 0.15) is 0 Å². The van der Waals surface area contributed by atoms with Crippen LogP contribution in [0.1, 0.15) is 86.5 Å². The van der Waals surface area contributed by atoms with E-state index in [1.165, 1.54) is 5.57 Å². The van der Waals surface area contributed by atoms with Crippen LogP contribution in [-0.4, -0.2) is 34.4 Å². The van der Waals surface area contributed by atoms with E-state index in [0.717, 1.165) is 60.6 Å². The monoisotopic (exact) mass is 634 g/mol. The Labute approximate surface area is 277 Å². The molecule has 3 fully saturated rings. The number of nitrogens with one attached hydrogen (secondary N) is 1. The van der Waals surface area contributed by atoms with Crippen LogP contribution in [0, 0.1) is 33.0 Å². The second kappa shape index (κ2) is 10.5. The summed E-state index contributed by atoms with van der Waals surface area (Å²) < 4.78 is 5.78. The molecule has 3 saturated carbocycles. The summed E-state index contributed by atoms with van der Waals surface area (Å²) in [6.07, 6.45) is 14.1. The second-order valence-corrected chi connectivity index (χ2v) is 16.1. The third kappa shape index (κ3) is 4.51. The number of hydrogen-bond donors (Lipinski definition) is 2. The van der Waals surface area contributed by atoms with Crippen LogP contribution in [0.5, 0.6) is 0 Å². The van der Waals surface area contributed by atoms with Crippen molar-refractivity contribution in [2.75, 3.05) is 11.9 Å². The van der Waals surface area contributed by atoms with Crippen LogP contribution in [0.25, 0.3) is 10.9 Å². The molecule has 246 valence electrons. The average Bonchev–Trinajstić information content (AvgIpc) is 3.05. The predicted molar refractivity (Wildman–Crippen MR) is 182 cm³/mol. The number of fused-ring (bicyclic) bond motifs is 8. The first kappa shape index (κ1) is 31.6. The molecule has 1 heterocycles. The Kier molecular flexibility index (Phi) is 7.06. The van der Waals surface area contributed by atoms with Crippen LogP contribution in [0.4, 0.5) is 5.69 Å². The summed E-state index contributed by atoms with van der Waals surface area (Å²) in [5.74, 6) is -0.856. The zero-order valence-electron chi connectivity index (χ0n) is 28.5. The molecular formula is C40H46N2O5. The maximum Gasteiger partial charge on any atom is 0.312 e. The number of nitrogens with zero attached hydrogens (tertiary/aromatic N) is 1. The van der Waals surface area contributed by atoms with Crippen LogP contribution in [0.3, 0.4) is 0 Å². The van der Waals surface area contributed by atoms with Crippen LogP contribution in [0.15, 0.2) is 82.8 Å². The van der Waals surface area contributed by atoms with Gasteiger partial charge in [-0.25, -0.2) is 0 Å². The van der Waals surface area contributed by atoms with Crippen molar-refractivity contribution in [2.24, 2.45) is 33.0 Å². The number of allylic oxidation sites excluding steroid dienone is 7. The number of aliphatic hydroxyl groups is 1. The summed E-state index contributed by atoms with van der Waals surface area (Å²) in [5.41, 5.74) is 4.34. The first-order valence-corrected chi connectivity index (χ1v) is 17.1. The van der Waals surface area contributed by atoms with Crippen molar-refractivity contribution in [1.82, 2.24) is 4.98 Å². The SMILES string of the molecule is CC1=C(O)C(=O)C=C2C1=CC=C1[C@@]2(C)CC[C@@]2(C)[C@@H]3C[C@](C)(C(=O)OCC(=O)Nc4cccc5ncccc45)CC[C@]3(C)CC[C@]12C.